The number of fused-ring (bicyclic) bond motifs is 1. The molecule has 1 atom stereocenters. The molecule has 1 aliphatic heterocycles. The van der Waals surface area contributed by atoms with E-state index in [2.05, 4.69) is 25.4 Å². The molecule has 0 saturated carbocycles. The van der Waals surface area contributed by atoms with Crippen molar-refractivity contribution in [3.8, 4) is 11.5 Å². The van der Waals surface area contributed by atoms with Gasteiger partial charge >= 0.3 is 0 Å². The maximum Gasteiger partial charge on any atom is 0.252 e. The Balaban J connectivity index is 1.42. The van der Waals surface area contributed by atoms with Crippen molar-refractivity contribution >= 4 is 10.9 Å². The van der Waals surface area contributed by atoms with E-state index in [-0.39, 0.29) is 11.7 Å². The van der Waals surface area contributed by atoms with Gasteiger partial charge in [0.05, 0.1) is 33.4 Å². The molecule has 5 rings (SSSR count). The van der Waals surface area contributed by atoms with Gasteiger partial charge < -0.3 is 19.2 Å². The number of aromatic nitrogens is 5. The van der Waals surface area contributed by atoms with Gasteiger partial charge in [-0.2, -0.15) is 0 Å². The quantitative estimate of drug-likeness (QED) is 0.362. The summed E-state index contributed by atoms with van der Waals surface area (Å²) < 4.78 is 18.2. The Hall–Kier alpha value is -3.76. The fourth-order valence-corrected chi connectivity index (χ4v) is 4.53. The standard InChI is InChI=1S/C26H30N6O4/c1-34-21-7-5-18(6-8-21)14-31(17-25-28-29-30-32(25)16-23-4-3-11-36-23)15-20-12-19-13-22(35-2)9-10-24(19)27-26(20)33/h5-10,12-13,23H,3-4,11,14-17H2,1-2H3,(H,27,33). The molecule has 2 aromatic heterocycles. The van der Waals surface area contributed by atoms with Crippen molar-refractivity contribution in [3.05, 3.63) is 75.8 Å². The average molecular weight is 491 g/mol. The normalized spacial score (nSPS) is 15.6. The molecule has 188 valence electrons. The number of pyridine rings is 1. The number of benzene rings is 2. The summed E-state index contributed by atoms with van der Waals surface area (Å²) in [5, 5.41) is 13.3. The molecule has 4 aromatic rings. The van der Waals surface area contributed by atoms with Crippen molar-refractivity contribution in [1.82, 2.24) is 30.1 Å². The van der Waals surface area contributed by atoms with Gasteiger partial charge in [0.25, 0.3) is 5.56 Å². The molecule has 1 aliphatic rings. The number of rotatable bonds is 10. The van der Waals surface area contributed by atoms with Gasteiger partial charge in [0.2, 0.25) is 0 Å². The highest BCUT2D eigenvalue weighted by Crippen LogP contribution is 2.21. The van der Waals surface area contributed by atoms with Crippen LogP contribution in [-0.2, 0) is 30.9 Å². The van der Waals surface area contributed by atoms with Crippen molar-refractivity contribution in [2.75, 3.05) is 20.8 Å². The third-order valence-corrected chi connectivity index (χ3v) is 6.46. The molecule has 10 heteroatoms. The third kappa shape index (κ3) is 5.55. The van der Waals surface area contributed by atoms with E-state index < -0.39 is 0 Å². The monoisotopic (exact) mass is 490 g/mol. The van der Waals surface area contributed by atoms with Gasteiger partial charge in [-0.15, -0.1) is 5.10 Å². The molecule has 10 nitrogen and oxygen atoms in total. The number of ether oxygens (including phenoxy) is 3. The van der Waals surface area contributed by atoms with Crippen LogP contribution in [0.1, 0.15) is 29.8 Å². The minimum Gasteiger partial charge on any atom is -0.497 e. The SMILES string of the molecule is COc1ccc(CN(Cc2cc3cc(OC)ccc3[nH]c2=O)Cc2nnnn2CC2CCCO2)cc1. The van der Waals surface area contributed by atoms with E-state index in [1.54, 1.807) is 14.2 Å². The van der Waals surface area contributed by atoms with E-state index in [9.17, 15) is 4.79 Å². The molecule has 0 spiro atoms. The lowest BCUT2D eigenvalue weighted by Crippen LogP contribution is -2.29. The van der Waals surface area contributed by atoms with E-state index in [1.807, 2.05) is 53.2 Å². The molecule has 1 N–H and O–H groups in total. The number of tetrazole rings is 1. The van der Waals surface area contributed by atoms with Gasteiger partial charge in [-0.25, -0.2) is 4.68 Å². The second-order valence-corrected chi connectivity index (χ2v) is 8.98. The maximum absolute atomic E-state index is 13.0. The first-order chi connectivity index (χ1) is 17.6. The van der Waals surface area contributed by atoms with Gasteiger partial charge in [-0.1, -0.05) is 12.1 Å². The van der Waals surface area contributed by atoms with E-state index >= 15 is 0 Å². The first kappa shape index (κ1) is 24.0. The Morgan fingerprint density at radius 1 is 1.06 bits per heavy atom. The van der Waals surface area contributed by atoms with Gasteiger partial charge in [0.1, 0.15) is 11.5 Å². The topological polar surface area (TPSA) is 107 Å². The summed E-state index contributed by atoms with van der Waals surface area (Å²) in [6.07, 6.45) is 2.19. The zero-order valence-electron chi connectivity index (χ0n) is 20.5. The van der Waals surface area contributed by atoms with Crippen LogP contribution in [0.5, 0.6) is 11.5 Å². The molecule has 2 aromatic carbocycles. The molecule has 1 fully saturated rings. The van der Waals surface area contributed by atoms with Crippen LogP contribution in [0, 0.1) is 0 Å². The number of nitrogens with zero attached hydrogens (tertiary/aromatic N) is 5. The molecule has 36 heavy (non-hydrogen) atoms. The predicted molar refractivity (Wildman–Crippen MR) is 134 cm³/mol. The summed E-state index contributed by atoms with van der Waals surface area (Å²) in [7, 11) is 3.28. The minimum atomic E-state index is -0.119. The molecular formula is C26H30N6O4. The zero-order chi connectivity index (χ0) is 24.9. The van der Waals surface area contributed by atoms with Crippen LogP contribution in [0.15, 0.2) is 53.3 Å². The average Bonchev–Trinajstić information content (AvgIpc) is 3.57. The van der Waals surface area contributed by atoms with Gasteiger partial charge in [0, 0.05) is 36.2 Å². The van der Waals surface area contributed by atoms with E-state index in [0.29, 0.717) is 31.7 Å². The predicted octanol–water partition coefficient (Wildman–Crippen LogP) is 2.91. The van der Waals surface area contributed by atoms with Gasteiger partial charge in [-0.05, 0) is 65.2 Å². The van der Waals surface area contributed by atoms with Crippen LogP contribution in [-0.4, -0.2) is 57.0 Å². The van der Waals surface area contributed by atoms with Crippen LogP contribution >= 0.6 is 0 Å². The number of nitrogens with one attached hydrogen (secondary N) is 1. The zero-order valence-corrected chi connectivity index (χ0v) is 20.5. The summed E-state index contributed by atoms with van der Waals surface area (Å²) in [6.45, 7) is 2.89. The summed E-state index contributed by atoms with van der Waals surface area (Å²) in [5.74, 6) is 2.27. The van der Waals surface area contributed by atoms with Crippen molar-refractivity contribution in [2.45, 2.75) is 45.1 Å². The van der Waals surface area contributed by atoms with Crippen LogP contribution in [0.4, 0.5) is 0 Å². The summed E-state index contributed by atoms with van der Waals surface area (Å²) >= 11 is 0. The van der Waals surface area contributed by atoms with Crippen LogP contribution in [0.3, 0.4) is 0 Å². The van der Waals surface area contributed by atoms with Crippen molar-refractivity contribution in [2.24, 2.45) is 0 Å². The van der Waals surface area contributed by atoms with Crippen molar-refractivity contribution in [3.63, 3.8) is 0 Å². The Labute approximate surface area is 208 Å². The smallest absolute Gasteiger partial charge is 0.252 e. The Morgan fingerprint density at radius 3 is 2.61 bits per heavy atom. The second-order valence-electron chi connectivity index (χ2n) is 8.98. The van der Waals surface area contributed by atoms with Crippen LogP contribution in [0.2, 0.25) is 0 Å². The lowest BCUT2D eigenvalue weighted by atomic mass is 10.1. The highest BCUT2D eigenvalue weighted by atomic mass is 16.5. The van der Waals surface area contributed by atoms with Crippen molar-refractivity contribution in [1.29, 1.82) is 0 Å². The maximum atomic E-state index is 13.0. The van der Waals surface area contributed by atoms with Crippen LogP contribution in [0.25, 0.3) is 10.9 Å². The fourth-order valence-electron chi connectivity index (χ4n) is 4.53. The molecule has 0 radical (unpaired) electrons. The second kappa shape index (κ2) is 10.9. The number of hydrogen-bond donors (Lipinski definition) is 1. The molecule has 1 unspecified atom stereocenters. The summed E-state index contributed by atoms with van der Waals surface area (Å²) in [6, 6.07) is 15.5. The molecule has 0 amide bonds. The fraction of sp³-hybridized carbons (Fsp3) is 0.385. The Kier molecular flexibility index (Phi) is 7.24. The molecular weight excluding hydrogens is 460 g/mol. The highest BCUT2D eigenvalue weighted by Gasteiger charge is 2.21. The molecule has 0 aliphatic carbocycles. The first-order valence-corrected chi connectivity index (χ1v) is 12.0. The van der Waals surface area contributed by atoms with Gasteiger partial charge in [0.15, 0.2) is 5.82 Å². The summed E-state index contributed by atoms with van der Waals surface area (Å²) in [4.78, 5) is 18.1. The lowest BCUT2D eigenvalue weighted by Gasteiger charge is -2.22. The van der Waals surface area contributed by atoms with Gasteiger partial charge in [-0.3, -0.25) is 9.69 Å². The lowest BCUT2D eigenvalue weighted by molar-refractivity contribution is 0.0914. The summed E-state index contributed by atoms with van der Waals surface area (Å²) in [5.41, 5.74) is 2.40. The number of methoxy groups -OCH3 is 2. The highest BCUT2D eigenvalue weighted by molar-refractivity contribution is 5.80. The molecule has 1 saturated heterocycles. The van der Waals surface area contributed by atoms with E-state index in [0.717, 1.165) is 53.2 Å². The largest absolute Gasteiger partial charge is 0.497 e. The van der Waals surface area contributed by atoms with E-state index in [4.69, 9.17) is 14.2 Å². The minimum absolute atomic E-state index is 0.119. The third-order valence-electron chi connectivity index (χ3n) is 6.46. The number of aromatic amines is 1. The van der Waals surface area contributed by atoms with E-state index in [1.165, 1.54) is 0 Å². The van der Waals surface area contributed by atoms with Crippen molar-refractivity contribution < 1.29 is 14.2 Å². The molecule has 0 bridgehead atoms. The number of hydrogen-bond acceptors (Lipinski definition) is 8. The Bertz CT molecular complexity index is 1360. The van der Waals surface area contributed by atoms with Crippen LogP contribution < -0.4 is 15.0 Å². The first-order valence-electron chi connectivity index (χ1n) is 12.0. The molecule has 3 heterocycles. The Morgan fingerprint density at radius 2 is 1.86 bits per heavy atom. The number of H-pyrrole nitrogens is 1.